The van der Waals surface area contributed by atoms with E-state index >= 15 is 0 Å². The quantitative estimate of drug-likeness (QED) is 0.662. The second-order valence-electron chi connectivity index (χ2n) is 2.86. The van der Waals surface area contributed by atoms with Gasteiger partial charge in [-0.1, -0.05) is 13.8 Å². The first-order valence-electron chi connectivity index (χ1n) is 4.95. The van der Waals surface area contributed by atoms with Crippen molar-refractivity contribution < 1.29 is 11.3 Å². The van der Waals surface area contributed by atoms with Crippen LogP contribution in [-0.2, 0) is 0 Å². The molecule has 0 radical (unpaired) electrons. The molecule has 1 amide bonds. The SMILES string of the molecule is CC.NCC1CCCCN1C(=O)O.[HH]. The van der Waals surface area contributed by atoms with E-state index in [1.165, 1.54) is 4.90 Å². The van der Waals surface area contributed by atoms with E-state index in [4.69, 9.17) is 10.8 Å². The Labute approximate surface area is 81.2 Å². The summed E-state index contributed by atoms with van der Waals surface area (Å²) in [6, 6.07) is 0.0567. The van der Waals surface area contributed by atoms with Gasteiger partial charge in [-0.15, -0.1) is 0 Å². The first-order valence-corrected chi connectivity index (χ1v) is 4.95. The molecular weight excluding hydrogens is 168 g/mol. The van der Waals surface area contributed by atoms with Crippen molar-refractivity contribution in [2.75, 3.05) is 13.1 Å². The monoisotopic (exact) mass is 190 g/mol. The minimum atomic E-state index is -0.833. The van der Waals surface area contributed by atoms with Gasteiger partial charge in [-0.3, -0.25) is 0 Å². The van der Waals surface area contributed by atoms with Gasteiger partial charge in [0.2, 0.25) is 0 Å². The topological polar surface area (TPSA) is 66.6 Å². The van der Waals surface area contributed by atoms with Crippen LogP contribution in [0.5, 0.6) is 0 Å². The molecule has 80 valence electrons. The summed E-state index contributed by atoms with van der Waals surface area (Å²) in [5, 5.41) is 8.71. The Hall–Kier alpha value is -0.770. The van der Waals surface area contributed by atoms with Crippen LogP contribution in [-0.4, -0.2) is 35.2 Å². The van der Waals surface area contributed by atoms with Crippen molar-refractivity contribution >= 4 is 6.09 Å². The molecule has 13 heavy (non-hydrogen) atoms. The van der Waals surface area contributed by atoms with Crippen molar-refractivity contribution in [1.29, 1.82) is 0 Å². The van der Waals surface area contributed by atoms with Crippen molar-refractivity contribution in [2.45, 2.75) is 39.2 Å². The number of rotatable bonds is 1. The van der Waals surface area contributed by atoms with Crippen LogP contribution in [0.2, 0.25) is 0 Å². The van der Waals surface area contributed by atoms with Crippen molar-refractivity contribution in [3.8, 4) is 0 Å². The van der Waals surface area contributed by atoms with Gasteiger partial charge in [0, 0.05) is 20.6 Å². The second kappa shape index (κ2) is 6.71. The first-order chi connectivity index (χ1) is 6.25. The normalized spacial score (nSPS) is 21.8. The summed E-state index contributed by atoms with van der Waals surface area (Å²) in [6.45, 7) is 5.10. The van der Waals surface area contributed by atoms with Crippen LogP contribution in [0.1, 0.15) is 34.5 Å². The maximum Gasteiger partial charge on any atom is 0.407 e. The summed E-state index contributed by atoms with van der Waals surface area (Å²) >= 11 is 0. The number of amides is 1. The summed E-state index contributed by atoms with van der Waals surface area (Å²) in [5.41, 5.74) is 5.43. The average molecular weight is 190 g/mol. The van der Waals surface area contributed by atoms with Crippen LogP contribution >= 0.6 is 0 Å². The van der Waals surface area contributed by atoms with Gasteiger partial charge in [0.15, 0.2) is 0 Å². The number of carbonyl (C=O) groups is 1. The summed E-state index contributed by atoms with van der Waals surface area (Å²) in [6.07, 6.45) is 2.16. The summed E-state index contributed by atoms with van der Waals surface area (Å²) < 4.78 is 0. The molecule has 3 N–H and O–H groups in total. The lowest BCUT2D eigenvalue weighted by Gasteiger charge is -2.32. The third-order valence-electron chi connectivity index (χ3n) is 2.14. The highest BCUT2D eigenvalue weighted by Gasteiger charge is 2.24. The summed E-state index contributed by atoms with van der Waals surface area (Å²) in [4.78, 5) is 12.0. The molecule has 0 aromatic carbocycles. The Kier molecular flexibility index (Phi) is 6.32. The molecule has 0 saturated carbocycles. The van der Waals surface area contributed by atoms with Gasteiger partial charge in [0.1, 0.15) is 0 Å². The Bertz CT molecular complexity index is 156. The summed E-state index contributed by atoms with van der Waals surface area (Å²) in [7, 11) is 0. The van der Waals surface area contributed by atoms with Crippen LogP contribution in [0, 0.1) is 0 Å². The zero-order valence-electron chi connectivity index (χ0n) is 8.49. The molecule has 1 atom stereocenters. The number of likely N-dealkylation sites (tertiary alicyclic amines) is 1. The Morgan fingerprint density at radius 1 is 1.62 bits per heavy atom. The van der Waals surface area contributed by atoms with E-state index in [9.17, 15) is 4.79 Å². The number of nitrogens with two attached hydrogens (primary N) is 1. The van der Waals surface area contributed by atoms with Crippen LogP contribution < -0.4 is 5.73 Å². The zero-order valence-corrected chi connectivity index (χ0v) is 8.49. The lowest BCUT2D eigenvalue weighted by molar-refractivity contribution is 0.109. The molecular formula is C9H22N2O2. The molecule has 0 aromatic rings. The molecule has 1 rings (SSSR count). The Morgan fingerprint density at radius 3 is 2.62 bits per heavy atom. The standard InChI is InChI=1S/C7H14N2O2.C2H6.H2/c8-5-6-3-1-2-4-9(6)7(10)11;1-2;/h6H,1-5,8H2,(H,10,11);1-2H3;1H. The Balaban J connectivity index is 0. The van der Waals surface area contributed by atoms with Gasteiger partial charge in [-0.05, 0) is 19.3 Å². The van der Waals surface area contributed by atoms with E-state index in [0.29, 0.717) is 13.1 Å². The molecule has 1 aliphatic heterocycles. The third kappa shape index (κ3) is 3.63. The molecule has 0 bridgehead atoms. The molecule has 0 aromatic heterocycles. The van der Waals surface area contributed by atoms with Crippen LogP contribution in [0.15, 0.2) is 0 Å². The molecule has 0 aliphatic carbocycles. The molecule has 4 heteroatoms. The molecule has 0 spiro atoms. The lowest BCUT2D eigenvalue weighted by atomic mass is 10.0. The van der Waals surface area contributed by atoms with E-state index in [1.807, 2.05) is 13.8 Å². The number of nitrogens with zero attached hydrogens (tertiary/aromatic N) is 1. The predicted octanol–water partition coefficient (Wildman–Crippen LogP) is 1.75. The van der Waals surface area contributed by atoms with Gasteiger partial charge >= 0.3 is 6.09 Å². The highest BCUT2D eigenvalue weighted by molar-refractivity contribution is 5.65. The van der Waals surface area contributed by atoms with E-state index < -0.39 is 6.09 Å². The zero-order chi connectivity index (χ0) is 10.3. The summed E-state index contributed by atoms with van der Waals surface area (Å²) in [5.74, 6) is 0. The van der Waals surface area contributed by atoms with Gasteiger partial charge < -0.3 is 15.7 Å². The molecule has 4 nitrogen and oxygen atoms in total. The van der Waals surface area contributed by atoms with Crippen molar-refractivity contribution in [2.24, 2.45) is 5.73 Å². The van der Waals surface area contributed by atoms with Crippen LogP contribution in [0.25, 0.3) is 0 Å². The highest BCUT2D eigenvalue weighted by Crippen LogP contribution is 2.15. The van der Waals surface area contributed by atoms with Crippen molar-refractivity contribution in [1.82, 2.24) is 4.90 Å². The van der Waals surface area contributed by atoms with Gasteiger partial charge in [0.05, 0.1) is 0 Å². The van der Waals surface area contributed by atoms with Crippen molar-refractivity contribution in [3.05, 3.63) is 0 Å². The second-order valence-corrected chi connectivity index (χ2v) is 2.86. The number of hydrogen-bond donors (Lipinski definition) is 2. The maximum absolute atomic E-state index is 10.6. The third-order valence-corrected chi connectivity index (χ3v) is 2.14. The molecule has 1 heterocycles. The average Bonchev–Trinajstić information content (AvgIpc) is 2.20. The minimum absolute atomic E-state index is 0. The van der Waals surface area contributed by atoms with Crippen LogP contribution in [0.3, 0.4) is 0 Å². The van der Waals surface area contributed by atoms with E-state index in [0.717, 1.165) is 19.3 Å². The maximum atomic E-state index is 10.6. The predicted molar refractivity (Wildman–Crippen MR) is 54.9 cm³/mol. The first kappa shape index (κ1) is 12.2. The molecule has 1 aliphatic rings. The molecule has 1 unspecified atom stereocenters. The fraction of sp³-hybridized carbons (Fsp3) is 0.889. The lowest BCUT2D eigenvalue weighted by Crippen LogP contribution is -2.46. The van der Waals surface area contributed by atoms with E-state index in [1.54, 1.807) is 0 Å². The van der Waals surface area contributed by atoms with Gasteiger partial charge in [-0.2, -0.15) is 0 Å². The highest BCUT2D eigenvalue weighted by atomic mass is 16.4. The molecule has 1 saturated heterocycles. The van der Waals surface area contributed by atoms with E-state index in [-0.39, 0.29) is 7.47 Å². The fourth-order valence-electron chi connectivity index (χ4n) is 1.50. The van der Waals surface area contributed by atoms with Crippen molar-refractivity contribution in [3.63, 3.8) is 0 Å². The number of hydrogen-bond acceptors (Lipinski definition) is 2. The Morgan fingerprint density at radius 2 is 2.23 bits per heavy atom. The van der Waals surface area contributed by atoms with Crippen LogP contribution in [0.4, 0.5) is 4.79 Å². The van der Waals surface area contributed by atoms with Gasteiger partial charge in [-0.25, -0.2) is 4.79 Å². The number of carboxylic acid groups (broad SMARTS) is 1. The number of piperidine rings is 1. The smallest absolute Gasteiger partial charge is 0.407 e. The fourth-order valence-corrected chi connectivity index (χ4v) is 1.50. The minimum Gasteiger partial charge on any atom is -0.465 e. The van der Waals surface area contributed by atoms with Gasteiger partial charge in [0.25, 0.3) is 0 Å². The molecule has 1 fully saturated rings. The largest absolute Gasteiger partial charge is 0.465 e. The van der Waals surface area contributed by atoms with E-state index in [2.05, 4.69) is 0 Å².